The van der Waals surface area contributed by atoms with E-state index in [9.17, 15) is 0 Å². The van der Waals surface area contributed by atoms with Gasteiger partial charge in [0.25, 0.3) is 0 Å². The van der Waals surface area contributed by atoms with Crippen LogP contribution in [0.25, 0.3) is 0 Å². The molecule has 1 fully saturated rings. The van der Waals surface area contributed by atoms with Crippen molar-refractivity contribution < 1.29 is 9.47 Å². The Morgan fingerprint density at radius 1 is 1.33 bits per heavy atom. The van der Waals surface area contributed by atoms with Crippen molar-refractivity contribution in [2.24, 2.45) is 0 Å². The molecule has 0 radical (unpaired) electrons. The molecule has 2 aliphatic heterocycles. The number of rotatable bonds is 4. The SMILES string of the molecule is Cc1ccc(Cl)c(OCCN2CCC3(CC2)OCCc2cnc(N)nc23)c1. The highest BCUT2D eigenvalue weighted by molar-refractivity contribution is 6.32. The third-order valence-electron chi connectivity index (χ3n) is 5.48. The minimum Gasteiger partial charge on any atom is -0.491 e. The van der Waals surface area contributed by atoms with Gasteiger partial charge in [0, 0.05) is 25.8 Å². The van der Waals surface area contributed by atoms with Gasteiger partial charge in [0.15, 0.2) is 0 Å². The van der Waals surface area contributed by atoms with Gasteiger partial charge < -0.3 is 15.2 Å². The lowest BCUT2D eigenvalue weighted by Crippen LogP contribution is -2.48. The van der Waals surface area contributed by atoms with Crippen LogP contribution in [-0.2, 0) is 16.8 Å². The molecule has 2 N–H and O–H groups in total. The van der Waals surface area contributed by atoms with E-state index < -0.39 is 0 Å². The molecule has 7 heteroatoms. The number of hydrogen-bond acceptors (Lipinski definition) is 6. The van der Waals surface area contributed by atoms with Crippen LogP contribution in [0.1, 0.15) is 29.7 Å². The number of hydrogen-bond donors (Lipinski definition) is 1. The summed E-state index contributed by atoms with van der Waals surface area (Å²) in [7, 11) is 0. The topological polar surface area (TPSA) is 73.5 Å². The predicted octanol–water partition coefficient (Wildman–Crippen LogP) is 2.96. The number of fused-ring (bicyclic) bond motifs is 2. The Labute approximate surface area is 164 Å². The fourth-order valence-electron chi connectivity index (χ4n) is 3.95. The number of anilines is 1. The van der Waals surface area contributed by atoms with Gasteiger partial charge in [-0.15, -0.1) is 0 Å². The lowest BCUT2D eigenvalue weighted by atomic mass is 9.83. The summed E-state index contributed by atoms with van der Waals surface area (Å²) in [6.45, 7) is 6.10. The Hall–Kier alpha value is -1.89. The monoisotopic (exact) mass is 388 g/mol. The maximum absolute atomic E-state index is 6.22. The number of aryl methyl sites for hydroxylation is 1. The number of aromatic nitrogens is 2. The average Bonchev–Trinajstić information content (AvgIpc) is 2.67. The molecule has 3 heterocycles. The van der Waals surface area contributed by atoms with E-state index >= 15 is 0 Å². The van der Waals surface area contributed by atoms with Crippen molar-refractivity contribution >= 4 is 17.5 Å². The Morgan fingerprint density at radius 2 is 2.15 bits per heavy atom. The molecule has 0 unspecified atom stereocenters. The van der Waals surface area contributed by atoms with E-state index in [0.29, 0.717) is 17.6 Å². The standard InChI is InChI=1S/C20H25ClN4O2/c1-14-2-3-16(21)17(12-14)26-11-9-25-7-5-20(6-8-25)18-15(4-10-27-20)13-23-19(22)24-18/h2-3,12-13H,4-11H2,1H3,(H2,22,23,24). The highest BCUT2D eigenvalue weighted by Crippen LogP contribution is 2.40. The van der Waals surface area contributed by atoms with Gasteiger partial charge in [-0.25, -0.2) is 9.97 Å². The molecule has 0 saturated carbocycles. The molecule has 4 rings (SSSR count). The van der Waals surface area contributed by atoms with Crippen LogP contribution in [0.2, 0.25) is 5.02 Å². The summed E-state index contributed by atoms with van der Waals surface area (Å²) in [4.78, 5) is 11.1. The number of ether oxygens (including phenoxy) is 2. The first-order valence-electron chi connectivity index (χ1n) is 9.43. The number of likely N-dealkylation sites (tertiary alicyclic amines) is 1. The average molecular weight is 389 g/mol. The first-order chi connectivity index (χ1) is 13.1. The summed E-state index contributed by atoms with van der Waals surface area (Å²) in [5, 5.41) is 0.655. The van der Waals surface area contributed by atoms with E-state index in [1.807, 2.05) is 31.3 Å². The number of nitrogens with two attached hydrogens (primary N) is 1. The molecule has 2 aliphatic rings. The van der Waals surface area contributed by atoms with Crippen molar-refractivity contribution in [1.82, 2.24) is 14.9 Å². The normalized spacial score (nSPS) is 19.0. The Kier molecular flexibility index (Phi) is 5.21. The number of nitrogen functional groups attached to an aromatic ring is 1. The zero-order valence-corrected chi connectivity index (χ0v) is 16.3. The van der Waals surface area contributed by atoms with Crippen molar-refractivity contribution in [2.45, 2.75) is 31.8 Å². The number of piperidine rings is 1. The van der Waals surface area contributed by atoms with Crippen molar-refractivity contribution in [2.75, 3.05) is 38.6 Å². The summed E-state index contributed by atoms with van der Waals surface area (Å²) in [6.07, 6.45) is 4.52. The van der Waals surface area contributed by atoms with Gasteiger partial charge in [-0.3, -0.25) is 4.90 Å². The third-order valence-corrected chi connectivity index (χ3v) is 5.79. The van der Waals surface area contributed by atoms with Crippen molar-refractivity contribution in [3.05, 3.63) is 46.2 Å². The van der Waals surface area contributed by atoms with Crippen LogP contribution in [0.15, 0.2) is 24.4 Å². The molecule has 1 spiro atoms. The maximum Gasteiger partial charge on any atom is 0.220 e. The van der Waals surface area contributed by atoms with E-state index in [4.69, 9.17) is 26.8 Å². The molecule has 1 aromatic heterocycles. The van der Waals surface area contributed by atoms with E-state index in [1.54, 1.807) is 0 Å². The van der Waals surface area contributed by atoms with Gasteiger partial charge in [0.05, 0.1) is 17.3 Å². The van der Waals surface area contributed by atoms with Crippen LogP contribution < -0.4 is 10.5 Å². The molecular weight excluding hydrogens is 364 g/mol. The van der Waals surface area contributed by atoms with E-state index in [0.717, 1.165) is 62.5 Å². The van der Waals surface area contributed by atoms with Crippen LogP contribution >= 0.6 is 11.6 Å². The van der Waals surface area contributed by atoms with Crippen molar-refractivity contribution in [3.63, 3.8) is 0 Å². The van der Waals surface area contributed by atoms with Gasteiger partial charge in [0.2, 0.25) is 5.95 Å². The van der Waals surface area contributed by atoms with Gasteiger partial charge >= 0.3 is 0 Å². The second kappa shape index (κ2) is 7.62. The molecule has 0 amide bonds. The smallest absolute Gasteiger partial charge is 0.220 e. The Bertz CT molecular complexity index is 822. The summed E-state index contributed by atoms with van der Waals surface area (Å²) in [5.74, 6) is 1.08. The fourth-order valence-corrected chi connectivity index (χ4v) is 4.12. The van der Waals surface area contributed by atoms with Crippen LogP contribution in [0.4, 0.5) is 5.95 Å². The zero-order valence-electron chi connectivity index (χ0n) is 15.6. The minimum absolute atomic E-state index is 0.318. The second-order valence-corrected chi connectivity index (χ2v) is 7.73. The lowest BCUT2D eigenvalue weighted by molar-refractivity contribution is -0.102. The lowest BCUT2D eigenvalue weighted by Gasteiger charge is -2.44. The number of nitrogens with zero attached hydrogens (tertiary/aromatic N) is 3. The first-order valence-corrected chi connectivity index (χ1v) is 9.81. The van der Waals surface area contributed by atoms with Crippen molar-refractivity contribution in [1.29, 1.82) is 0 Å². The number of halogens is 1. The number of benzene rings is 1. The molecule has 1 saturated heterocycles. The molecule has 0 bridgehead atoms. The molecule has 27 heavy (non-hydrogen) atoms. The second-order valence-electron chi connectivity index (χ2n) is 7.32. The molecule has 0 atom stereocenters. The Morgan fingerprint density at radius 3 is 2.96 bits per heavy atom. The van der Waals surface area contributed by atoms with Gasteiger partial charge in [-0.2, -0.15) is 0 Å². The third kappa shape index (κ3) is 3.88. The van der Waals surface area contributed by atoms with E-state index in [-0.39, 0.29) is 5.60 Å². The quantitative estimate of drug-likeness (QED) is 0.868. The molecule has 6 nitrogen and oxygen atoms in total. The summed E-state index contributed by atoms with van der Waals surface area (Å²) in [5.41, 5.74) is 8.81. The van der Waals surface area contributed by atoms with Crippen molar-refractivity contribution in [3.8, 4) is 5.75 Å². The molecule has 144 valence electrons. The molecule has 2 aromatic rings. The highest BCUT2D eigenvalue weighted by atomic mass is 35.5. The molecular formula is C20H25ClN4O2. The van der Waals surface area contributed by atoms with E-state index in [2.05, 4.69) is 14.9 Å². The van der Waals surface area contributed by atoms with E-state index in [1.165, 1.54) is 5.56 Å². The van der Waals surface area contributed by atoms with Gasteiger partial charge in [-0.05, 0) is 49.4 Å². The molecule has 0 aliphatic carbocycles. The predicted molar refractivity (Wildman–Crippen MR) is 105 cm³/mol. The summed E-state index contributed by atoms with van der Waals surface area (Å²) in [6, 6.07) is 5.84. The van der Waals surface area contributed by atoms with Crippen LogP contribution in [0.3, 0.4) is 0 Å². The fraction of sp³-hybridized carbons (Fsp3) is 0.500. The largest absolute Gasteiger partial charge is 0.491 e. The zero-order chi connectivity index (χ0) is 18.9. The van der Waals surface area contributed by atoms with Gasteiger partial charge in [-0.1, -0.05) is 17.7 Å². The van der Waals surface area contributed by atoms with Crippen LogP contribution in [0, 0.1) is 6.92 Å². The summed E-state index contributed by atoms with van der Waals surface area (Å²) >= 11 is 6.20. The van der Waals surface area contributed by atoms with Gasteiger partial charge in [0.1, 0.15) is 18.0 Å². The summed E-state index contributed by atoms with van der Waals surface area (Å²) < 4.78 is 12.1. The Balaban J connectivity index is 1.35. The highest BCUT2D eigenvalue weighted by Gasteiger charge is 2.42. The van der Waals surface area contributed by atoms with Crippen LogP contribution in [0.5, 0.6) is 5.75 Å². The minimum atomic E-state index is -0.318. The first kappa shape index (κ1) is 18.5. The molecule has 1 aromatic carbocycles. The maximum atomic E-state index is 6.22. The van der Waals surface area contributed by atoms with Crippen LogP contribution in [-0.4, -0.2) is 47.7 Å².